The van der Waals surface area contributed by atoms with E-state index in [1.165, 1.54) is 0 Å². The number of aromatic nitrogens is 2. The number of nitrogens with two attached hydrogens (primary N) is 1. The van der Waals surface area contributed by atoms with Crippen molar-refractivity contribution in [2.24, 2.45) is 0 Å². The molecule has 0 aliphatic rings. The fourth-order valence-corrected chi connectivity index (χ4v) is 2.15. The molecule has 19 heavy (non-hydrogen) atoms. The van der Waals surface area contributed by atoms with Crippen molar-refractivity contribution in [1.82, 2.24) is 9.97 Å². The van der Waals surface area contributed by atoms with Gasteiger partial charge < -0.3 is 5.73 Å². The molecule has 1 heterocycles. The second kappa shape index (κ2) is 5.14. The number of anilines is 1. The number of hydrogen-bond acceptors (Lipinski definition) is 6. The summed E-state index contributed by atoms with van der Waals surface area (Å²) in [6, 6.07) is 2.79. The lowest BCUT2D eigenvalue weighted by molar-refractivity contribution is -0.388. The van der Waals surface area contributed by atoms with Gasteiger partial charge in [-0.15, -0.1) is 0 Å². The van der Waals surface area contributed by atoms with Gasteiger partial charge in [0.2, 0.25) is 5.95 Å². The van der Waals surface area contributed by atoms with Crippen molar-refractivity contribution in [2.75, 3.05) is 5.73 Å². The third-order valence-corrected chi connectivity index (χ3v) is 3.08. The molecule has 0 unspecified atom stereocenters. The quantitative estimate of drug-likeness (QED) is 0.528. The molecule has 2 N–H and O–H groups in total. The monoisotopic (exact) mass is 284 g/mol. The van der Waals surface area contributed by atoms with Gasteiger partial charge in [-0.3, -0.25) is 10.1 Å². The first-order valence-electron chi connectivity index (χ1n) is 4.87. The summed E-state index contributed by atoms with van der Waals surface area (Å²) in [7, 11) is 0. The van der Waals surface area contributed by atoms with Gasteiger partial charge in [-0.2, -0.15) is 4.98 Å². The molecule has 9 heteroatoms. The summed E-state index contributed by atoms with van der Waals surface area (Å²) < 4.78 is 26.5. The lowest BCUT2D eigenvalue weighted by atomic mass is 10.3. The summed E-state index contributed by atoms with van der Waals surface area (Å²) in [5, 5.41) is 10.6. The molecule has 98 valence electrons. The molecular weight excluding hydrogens is 278 g/mol. The zero-order valence-electron chi connectivity index (χ0n) is 9.21. The maximum Gasteiger partial charge on any atom is 0.320 e. The van der Waals surface area contributed by atoms with Crippen LogP contribution in [0.25, 0.3) is 0 Å². The summed E-state index contributed by atoms with van der Waals surface area (Å²) in [6.45, 7) is 0. The van der Waals surface area contributed by atoms with E-state index in [2.05, 4.69) is 9.97 Å². The van der Waals surface area contributed by atoms with Crippen LogP contribution in [0.5, 0.6) is 0 Å². The molecule has 2 aromatic rings. The fraction of sp³-hybridized carbons (Fsp3) is 0. The molecule has 0 fully saturated rings. The number of nitrogen functional groups attached to an aromatic ring is 1. The highest BCUT2D eigenvalue weighted by Crippen LogP contribution is 2.34. The Morgan fingerprint density at radius 2 is 2.11 bits per heavy atom. The van der Waals surface area contributed by atoms with Crippen LogP contribution in [0.1, 0.15) is 0 Å². The van der Waals surface area contributed by atoms with Crippen LogP contribution in [0.2, 0.25) is 0 Å². The van der Waals surface area contributed by atoms with E-state index in [0.29, 0.717) is 11.8 Å². The Bertz CT molecular complexity index is 653. The van der Waals surface area contributed by atoms with Crippen LogP contribution in [0, 0.1) is 21.7 Å². The highest BCUT2D eigenvalue weighted by atomic mass is 32.2. The summed E-state index contributed by atoms with van der Waals surface area (Å²) in [6.07, 6.45) is 0.919. The molecule has 0 aliphatic heterocycles. The van der Waals surface area contributed by atoms with Gasteiger partial charge in [-0.05, 0) is 18.2 Å². The highest BCUT2D eigenvalue weighted by molar-refractivity contribution is 7.99. The van der Waals surface area contributed by atoms with Crippen molar-refractivity contribution < 1.29 is 13.7 Å². The second-order valence-corrected chi connectivity index (χ2v) is 4.38. The molecule has 0 saturated heterocycles. The summed E-state index contributed by atoms with van der Waals surface area (Å²) in [5.74, 6) is -1.56. The molecule has 0 saturated carbocycles. The topological polar surface area (TPSA) is 94.9 Å². The largest absolute Gasteiger partial charge is 0.368 e. The highest BCUT2D eigenvalue weighted by Gasteiger charge is 2.19. The Hall–Kier alpha value is -2.29. The molecule has 0 atom stereocenters. The lowest BCUT2D eigenvalue weighted by Gasteiger charge is -2.04. The SMILES string of the molecule is Nc1ncc([N+](=O)[O-])c(Sc2cc(F)ccc2F)n1. The zero-order chi connectivity index (χ0) is 14.0. The van der Waals surface area contributed by atoms with Gasteiger partial charge in [0, 0.05) is 0 Å². The van der Waals surface area contributed by atoms with Gasteiger partial charge in [-0.25, -0.2) is 13.8 Å². The van der Waals surface area contributed by atoms with Crippen LogP contribution in [0.3, 0.4) is 0 Å². The van der Waals surface area contributed by atoms with E-state index >= 15 is 0 Å². The van der Waals surface area contributed by atoms with Crippen molar-refractivity contribution >= 4 is 23.4 Å². The zero-order valence-corrected chi connectivity index (χ0v) is 10.0. The fourth-order valence-electron chi connectivity index (χ4n) is 1.23. The predicted molar refractivity (Wildman–Crippen MR) is 63.6 cm³/mol. The first-order chi connectivity index (χ1) is 8.97. The number of benzene rings is 1. The molecule has 0 amide bonds. The van der Waals surface area contributed by atoms with Crippen molar-refractivity contribution in [1.29, 1.82) is 0 Å². The lowest BCUT2D eigenvalue weighted by Crippen LogP contribution is -2.00. The smallest absolute Gasteiger partial charge is 0.320 e. The third kappa shape index (κ3) is 2.94. The van der Waals surface area contributed by atoms with Gasteiger partial charge >= 0.3 is 5.69 Å². The van der Waals surface area contributed by atoms with Gasteiger partial charge in [0.05, 0.1) is 9.82 Å². The summed E-state index contributed by atoms with van der Waals surface area (Å²) in [4.78, 5) is 17.1. The minimum absolute atomic E-state index is 0.124. The van der Waals surface area contributed by atoms with Gasteiger partial charge in [-0.1, -0.05) is 11.8 Å². The molecule has 2 rings (SSSR count). The van der Waals surface area contributed by atoms with E-state index in [9.17, 15) is 18.9 Å². The number of rotatable bonds is 3. The summed E-state index contributed by atoms with van der Waals surface area (Å²) >= 11 is 0.610. The maximum atomic E-state index is 13.5. The maximum absolute atomic E-state index is 13.5. The first kappa shape index (κ1) is 13.1. The Kier molecular flexibility index (Phi) is 3.56. The van der Waals surface area contributed by atoms with Crippen LogP contribution in [0.4, 0.5) is 20.4 Å². The van der Waals surface area contributed by atoms with E-state index in [1.54, 1.807) is 0 Å². The normalized spacial score (nSPS) is 10.4. The van der Waals surface area contributed by atoms with Gasteiger partial charge in [0.25, 0.3) is 0 Å². The van der Waals surface area contributed by atoms with Crippen molar-refractivity contribution in [3.05, 3.63) is 46.1 Å². The van der Waals surface area contributed by atoms with Crippen molar-refractivity contribution in [3.63, 3.8) is 0 Å². The van der Waals surface area contributed by atoms with Crippen LogP contribution in [-0.4, -0.2) is 14.9 Å². The Morgan fingerprint density at radius 3 is 2.79 bits per heavy atom. The van der Waals surface area contributed by atoms with E-state index in [4.69, 9.17) is 5.73 Å². The van der Waals surface area contributed by atoms with E-state index < -0.39 is 22.2 Å². The van der Waals surface area contributed by atoms with Crippen molar-refractivity contribution in [2.45, 2.75) is 9.92 Å². The standard InChI is InChI=1S/C10H6F2N4O2S/c11-5-1-2-6(12)8(3-5)19-9-7(16(17)18)4-14-10(13)15-9/h1-4H,(H2,13,14,15). The van der Waals surface area contributed by atoms with Gasteiger partial charge in [0.1, 0.15) is 17.8 Å². The van der Waals surface area contributed by atoms with Gasteiger partial charge in [0.15, 0.2) is 5.03 Å². The molecule has 1 aromatic heterocycles. The molecule has 0 bridgehead atoms. The molecule has 6 nitrogen and oxygen atoms in total. The third-order valence-electron chi connectivity index (χ3n) is 2.05. The Balaban J connectivity index is 2.45. The predicted octanol–water partition coefficient (Wildman–Crippen LogP) is 2.40. The van der Waals surface area contributed by atoms with Crippen LogP contribution < -0.4 is 5.73 Å². The molecule has 1 aromatic carbocycles. The summed E-state index contributed by atoms with van der Waals surface area (Å²) in [5.41, 5.74) is 4.90. The van der Waals surface area contributed by atoms with Crippen LogP contribution in [0.15, 0.2) is 34.3 Å². The molecule has 0 spiro atoms. The average molecular weight is 284 g/mol. The second-order valence-electron chi connectivity index (χ2n) is 3.35. The van der Waals surface area contributed by atoms with Crippen LogP contribution in [-0.2, 0) is 0 Å². The number of nitro groups is 1. The van der Waals surface area contributed by atoms with Crippen LogP contribution >= 0.6 is 11.8 Å². The molecular formula is C10H6F2N4O2S. The van der Waals surface area contributed by atoms with E-state index in [0.717, 1.165) is 24.4 Å². The van der Waals surface area contributed by atoms with E-state index in [1.807, 2.05) is 0 Å². The molecule has 0 radical (unpaired) electrons. The molecule has 0 aliphatic carbocycles. The van der Waals surface area contributed by atoms with Crippen molar-refractivity contribution in [3.8, 4) is 0 Å². The number of hydrogen-bond donors (Lipinski definition) is 1. The minimum atomic E-state index is -0.723. The van der Waals surface area contributed by atoms with E-state index in [-0.39, 0.29) is 15.9 Å². The first-order valence-corrected chi connectivity index (χ1v) is 5.69. The Labute approximate surface area is 109 Å². The minimum Gasteiger partial charge on any atom is -0.368 e. The average Bonchev–Trinajstić information content (AvgIpc) is 2.33. The number of nitrogens with zero attached hydrogens (tertiary/aromatic N) is 3. The Morgan fingerprint density at radius 1 is 1.37 bits per heavy atom. The number of halogens is 2.